The number of primary amides is 1. The first kappa shape index (κ1) is 10.3. The van der Waals surface area contributed by atoms with E-state index in [4.69, 9.17) is 5.73 Å². The third kappa shape index (κ3) is 2.58. The minimum absolute atomic E-state index is 0.103. The summed E-state index contributed by atoms with van der Waals surface area (Å²) in [5, 5.41) is 0. The average molecular weight is 181 g/mol. The normalized spacial score (nSPS) is 25.1. The average Bonchev–Trinajstić information content (AvgIpc) is 1.79. The number of hydrogen-bond donors (Lipinski definition) is 1. The van der Waals surface area contributed by atoms with Crippen molar-refractivity contribution in [2.75, 3.05) is 0 Å². The van der Waals surface area contributed by atoms with Crippen LogP contribution in [0.4, 0.5) is 0 Å². The minimum atomic E-state index is -0.263. The van der Waals surface area contributed by atoms with Crippen molar-refractivity contribution in [1.29, 1.82) is 0 Å². The Kier molecular flexibility index (Phi) is 2.27. The molecule has 0 atom stereocenters. The summed E-state index contributed by atoms with van der Waals surface area (Å²) in [5.74, 6) is -0.263. The lowest BCUT2D eigenvalue weighted by atomic mass is 9.66. The summed E-state index contributed by atoms with van der Waals surface area (Å²) in [7, 11) is 0. The molecule has 2 heteroatoms. The maximum Gasteiger partial charge on any atom is 0.244 e. The second kappa shape index (κ2) is 2.86. The van der Waals surface area contributed by atoms with Crippen LogP contribution in [0.2, 0.25) is 0 Å². The van der Waals surface area contributed by atoms with Crippen LogP contribution < -0.4 is 5.73 Å². The van der Waals surface area contributed by atoms with E-state index in [2.05, 4.69) is 27.7 Å². The topological polar surface area (TPSA) is 43.1 Å². The summed E-state index contributed by atoms with van der Waals surface area (Å²) in [6.45, 7) is 8.67. The Labute approximate surface area is 80.2 Å². The van der Waals surface area contributed by atoms with E-state index in [9.17, 15) is 4.79 Å². The fourth-order valence-electron chi connectivity index (χ4n) is 2.54. The van der Waals surface area contributed by atoms with Crippen LogP contribution in [0, 0.1) is 10.8 Å². The van der Waals surface area contributed by atoms with Crippen LogP contribution in [0.3, 0.4) is 0 Å². The van der Waals surface area contributed by atoms with Crippen molar-refractivity contribution >= 4 is 5.91 Å². The Balaban J connectivity index is 2.99. The first-order valence-electron chi connectivity index (χ1n) is 4.73. The number of nitrogens with two attached hydrogens (primary N) is 1. The van der Waals surface area contributed by atoms with Gasteiger partial charge in [-0.1, -0.05) is 33.8 Å². The van der Waals surface area contributed by atoms with E-state index in [0.29, 0.717) is 0 Å². The van der Waals surface area contributed by atoms with E-state index in [-0.39, 0.29) is 16.7 Å². The number of rotatable bonds is 1. The molecule has 1 aliphatic rings. The highest BCUT2D eigenvalue weighted by molar-refractivity contribution is 5.92. The number of amides is 1. The van der Waals surface area contributed by atoms with Crippen LogP contribution in [0.5, 0.6) is 0 Å². The van der Waals surface area contributed by atoms with Crippen molar-refractivity contribution in [1.82, 2.24) is 0 Å². The predicted octanol–water partition coefficient (Wildman–Crippen LogP) is 2.24. The zero-order chi connectivity index (χ0) is 10.3. The van der Waals surface area contributed by atoms with Gasteiger partial charge in [0, 0.05) is 5.57 Å². The highest BCUT2D eigenvalue weighted by Gasteiger charge is 2.34. The van der Waals surface area contributed by atoms with Crippen molar-refractivity contribution in [3.63, 3.8) is 0 Å². The summed E-state index contributed by atoms with van der Waals surface area (Å²) in [6.07, 6.45) is 3.95. The molecule has 0 saturated heterocycles. The van der Waals surface area contributed by atoms with Gasteiger partial charge < -0.3 is 5.73 Å². The molecule has 0 heterocycles. The van der Waals surface area contributed by atoms with Gasteiger partial charge in [0.2, 0.25) is 5.91 Å². The molecular formula is C11H19NO. The Bertz CT molecular complexity index is 261. The number of allylic oxidation sites excluding steroid dienone is 1. The van der Waals surface area contributed by atoms with E-state index >= 15 is 0 Å². The molecule has 0 aromatic carbocycles. The molecule has 74 valence electrons. The smallest absolute Gasteiger partial charge is 0.244 e. The Morgan fingerprint density at radius 1 is 1.38 bits per heavy atom. The lowest BCUT2D eigenvalue weighted by Gasteiger charge is -2.38. The standard InChI is InChI=1S/C11H19NO/c1-10(2)5-8(9(12)13)6-11(3,4)7-10/h5H,6-7H2,1-4H3,(H2,12,13). The van der Waals surface area contributed by atoms with Crippen molar-refractivity contribution in [3.05, 3.63) is 11.6 Å². The van der Waals surface area contributed by atoms with Crippen LogP contribution in [0.15, 0.2) is 11.6 Å². The van der Waals surface area contributed by atoms with Crippen molar-refractivity contribution in [3.8, 4) is 0 Å². The number of carbonyl (C=O) groups is 1. The maximum absolute atomic E-state index is 11.1. The summed E-state index contributed by atoms with van der Waals surface area (Å²) in [6, 6.07) is 0. The van der Waals surface area contributed by atoms with Gasteiger partial charge in [0.15, 0.2) is 0 Å². The lowest BCUT2D eigenvalue weighted by molar-refractivity contribution is -0.115. The van der Waals surface area contributed by atoms with Crippen LogP contribution >= 0.6 is 0 Å². The van der Waals surface area contributed by atoms with Crippen LogP contribution in [-0.4, -0.2) is 5.91 Å². The van der Waals surface area contributed by atoms with Gasteiger partial charge in [-0.2, -0.15) is 0 Å². The SMILES string of the molecule is CC1(C)C=C(C(N)=O)CC(C)(C)C1. The van der Waals surface area contributed by atoms with E-state index in [1.165, 1.54) is 0 Å². The van der Waals surface area contributed by atoms with Gasteiger partial charge in [0.05, 0.1) is 0 Å². The third-order valence-electron chi connectivity index (χ3n) is 2.48. The zero-order valence-electron chi connectivity index (χ0n) is 8.98. The van der Waals surface area contributed by atoms with Gasteiger partial charge in [0.1, 0.15) is 0 Å². The largest absolute Gasteiger partial charge is 0.366 e. The number of hydrogen-bond acceptors (Lipinski definition) is 1. The quantitative estimate of drug-likeness (QED) is 0.662. The van der Waals surface area contributed by atoms with Gasteiger partial charge in [-0.3, -0.25) is 4.79 Å². The maximum atomic E-state index is 11.1. The monoisotopic (exact) mass is 181 g/mol. The molecule has 1 amide bonds. The van der Waals surface area contributed by atoms with Gasteiger partial charge in [0.25, 0.3) is 0 Å². The first-order valence-corrected chi connectivity index (χ1v) is 4.73. The van der Waals surface area contributed by atoms with Gasteiger partial charge in [-0.15, -0.1) is 0 Å². The van der Waals surface area contributed by atoms with E-state index < -0.39 is 0 Å². The fraction of sp³-hybridized carbons (Fsp3) is 0.727. The Morgan fingerprint density at radius 2 is 1.92 bits per heavy atom. The van der Waals surface area contributed by atoms with Crippen LogP contribution in [0.1, 0.15) is 40.5 Å². The molecular weight excluding hydrogens is 162 g/mol. The highest BCUT2D eigenvalue weighted by Crippen LogP contribution is 2.44. The summed E-state index contributed by atoms with van der Waals surface area (Å²) >= 11 is 0. The summed E-state index contributed by atoms with van der Waals surface area (Å²) in [4.78, 5) is 11.1. The molecule has 0 aromatic rings. The fourth-order valence-corrected chi connectivity index (χ4v) is 2.54. The van der Waals surface area contributed by atoms with Crippen LogP contribution in [0.25, 0.3) is 0 Å². The van der Waals surface area contributed by atoms with Gasteiger partial charge >= 0.3 is 0 Å². The van der Waals surface area contributed by atoms with E-state index in [0.717, 1.165) is 18.4 Å². The molecule has 0 fully saturated rings. The number of carbonyl (C=O) groups excluding carboxylic acids is 1. The molecule has 1 rings (SSSR count). The van der Waals surface area contributed by atoms with Crippen LogP contribution in [-0.2, 0) is 4.79 Å². The van der Waals surface area contributed by atoms with Gasteiger partial charge in [-0.25, -0.2) is 0 Å². The molecule has 0 radical (unpaired) electrons. The van der Waals surface area contributed by atoms with Crippen molar-refractivity contribution in [2.24, 2.45) is 16.6 Å². The van der Waals surface area contributed by atoms with E-state index in [1.807, 2.05) is 6.08 Å². The molecule has 0 aromatic heterocycles. The molecule has 0 aliphatic heterocycles. The predicted molar refractivity (Wildman–Crippen MR) is 54.1 cm³/mol. The Morgan fingerprint density at radius 3 is 2.31 bits per heavy atom. The molecule has 0 spiro atoms. The van der Waals surface area contributed by atoms with Crippen molar-refractivity contribution in [2.45, 2.75) is 40.5 Å². The van der Waals surface area contributed by atoms with E-state index in [1.54, 1.807) is 0 Å². The zero-order valence-corrected chi connectivity index (χ0v) is 8.98. The minimum Gasteiger partial charge on any atom is -0.366 e. The second-order valence-electron chi connectivity index (χ2n) is 5.54. The molecule has 0 bridgehead atoms. The highest BCUT2D eigenvalue weighted by atomic mass is 16.1. The molecule has 13 heavy (non-hydrogen) atoms. The van der Waals surface area contributed by atoms with Crippen molar-refractivity contribution < 1.29 is 4.79 Å². The summed E-state index contributed by atoms with van der Waals surface area (Å²) in [5.41, 5.74) is 6.40. The first-order chi connectivity index (χ1) is 5.72. The second-order valence-corrected chi connectivity index (χ2v) is 5.54. The molecule has 0 unspecified atom stereocenters. The molecule has 0 saturated carbocycles. The third-order valence-corrected chi connectivity index (χ3v) is 2.48. The summed E-state index contributed by atoms with van der Waals surface area (Å²) < 4.78 is 0. The van der Waals surface area contributed by atoms with Gasteiger partial charge in [-0.05, 0) is 23.7 Å². The molecule has 2 nitrogen and oxygen atoms in total. The molecule has 1 aliphatic carbocycles. The molecule has 2 N–H and O–H groups in total. The Hall–Kier alpha value is -0.790. The lowest BCUT2D eigenvalue weighted by Crippen LogP contribution is -2.31.